The minimum atomic E-state index is 0.299. The van der Waals surface area contributed by atoms with E-state index in [-0.39, 0.29) is 0 Å². The van der Waals surface area contributed by atoms with E-state index in [4.69, 9.17) is 10.5 Å². The van der Waals surface area contributed by atoms with E-state index in [1.165, 1.54) is 0 Å². The highest BCUT2D eigenvalue weighted by atomic mass is 16.5. The second-order valence-corrected chi connectivity index (χ2v) is 5.80. The first-order valence-electron chi connectivity index (χ1n) is 7.99. The van der Waals surface area contributed by atoms with Crippen LogP contribution < -0.4 is 20.3 Å². The van der Waals surface area contributed by atoms with Crippen LogP contribution in [0.25, 0.3) is 5.65 Å². The van der Waals surface area contributed by atoms with Gasteiger partial charge >= 0.3 is 0 Å². The number of para-hydroxylation sites is 2. The van der Waals surface area contributed by atoms with E-state index in [2.05, 4.69) is 32.0 Å². The number of pyridine rings is 1. The zero-order valence-corrected chi connectivity index (χ0v) is 13.6. The topological polar surface area (TPSA) is 71.9 Å². The van der Waals surface area contributed by atoms with Crippen molar-refractivity contribution in [3.05, 3.63) is 42.6 Å². The summed E-state index contributed by atoms with van der Waals surface area (Å²) in [6, 6.07) is 12.2. The number of benzene rings is 1. The van der Waals surface area contributed by atoms with Crippen LogP contribution in [0.2, 0.25) is 0 Å². The number of fused-ring (bicyclic) bond motifs is 1. The first kappa shape index (κ1) is 14.6. The van der Waals surface area contributed by atoms with Gasteiger partial charge in [-0.15, -0.1) is 5.10 Å². The number of piperazine rings is 1. The summed E-state index contributed by atoms with van der Waals surface area (Å²) < 4.78 is 7.17. The number of nitrogen functional groups attached to an aromatic ring is 1. The number of hydrogen-bond acceptors (Lipinski definition) is 6. The molecule has 0 radical (unpaired) electrons. The van der Waals surface area contributed by atoms with Crippen LogP contribution in [0, 0.1) is 0 Å². The van der Waals surface area contributed by atoms with E-state index in [1.54, 1.807) is 11.6 Å². The highest BCUT2D eigenvalue weighted by Crippen LogP contribution is 2.29. The Kier molecular flexibility index (Phi) is 3.60. The molecule has 124 valence electrons. The molecule has 0 spiro atoms. The van der Waals surface area contributed by atoms with Crippen molar-refractivity contribution in [1.82, 2.24) is 14.6 Å². The minimum absolute atomic E-state index is 0.299. The van der Waals surface area contributed by atoms with Gasteiger partial charge in [0.05, 0.1) is 12.8 Å². The molecular weight excluding hydrogens is 304 g/mol. The molecular formula is C17H20N6O. The minimum Gasteiger partial charge on any atom is -0.495 e. The zero-order chi connectivity index (χ0) is 16.5. The average molecular weight is 324 g/mol. The lowest BCUT2D eigenvalue weighted by Gasteiger charge is -2.37. The van der Waals surface area contributed by atoms with E-state index < -0.39 is 0 Å². The zero-order valence-electron chi connectivity index (χ0n) is 13.6. The van der Waals surface area contributed by atoms with Crippen LogP contribution in [0.15, 0.2) is 42.6 Å². The number of rotatable bonds is 3. The molecule has 7 heteroatoms. The highest BCUT2D eigenvalue weighted by molar-refractivity contribution is 5.61. The predicted molar refractivity (Wildman–Crippen MR) is 94.8 cm³/mol. The molecule has 7 nitrogen and oxygen atoms in total. The molecule has 2 aromatic heterocycles. The standard InChI is InChI=1S/C17H20N6O/c1-24-15-5-3-2-4-14(15)22-10-8-21(9-11-22)13-6-7-23-16(12-13)19-17(18)20-23/h2-7,12H,8-11H2,1H3,(H2,18,20). The van der Waals surface area contributed by atoms with Gasteiger partial charge in [0.2, 0.25) is 5.95 Å². The SMILES string of the molecule is COc1ccccc1N1CCN(c2ccn3nc(N)nc3c2)CC1. The molecule has 1 aliphatic rings. The predicted octanol–water partition coefficient (Wildman–Crippen LogP) is 1.65. The Morgan fingerprint density at radius 1 is 1.04 bits per heavy atom. The van der Waals surface area contributed by atoms with Crippen LogP contribution in [-0.2, 0) is 0 Å². The largest absolute Gasteiger partial charge is 0.495 e. The van der Waals surface area contributed by atoms with Crippen molar-refractivity contribution in [2.75, 3.05) is 48.8 Å². The van der Waals surface area contributed by atoms with E-state index in [9.17, 15) is 0 Å². The first-order chi connectivity index (χ1) is 11.7. The van der Waals surface area contributed by atoms with E-state index >= 15 is 0 Å². The lowest BCUT2D eigenvalue weighted by atomic mass is 10.2. The Morgan fingerprint density at radius 3 is 2.58 bits per heavy atom. The third-order valence-corrected chi connectivity index (χ3v) is 4.41. The molecule has 1 fully saturated rings. The van der Waals surface area contributed by atoms with E-state index in [0.29, 0.717) is 5.95 Å². The molecule has 2 N–H and O–H groups in total. The van der Waals surface area contributed by atoms with Gasteiger partial charge in [0, 0.05) is 44.1 Å². The summed E-state index contributed by atoms with van der Waals surface area (Å²) in [4.78, 5) is 8.95. The Labute approximate surface area is 140 Å². The molecule has 3 aromatic rings. The van der Waals surface area contributed by atoms with E-state index in [1.807, 2.05) is 30.5 Å². The van der Waals surface area contributed by atoms with Gasteiger partial charge < -0.3 is 20.3 Å². The second-order valence-electron chi connectivity index (χ2n) is 5.80. The van der Waals surface area contributed by atoms with Gasteiger partial charge in [0.25, 0.3) is 0 Å². The normalized spacial score (nSPS) is 15.0. The Bertz CT molecular complexity index is 853. The van der Waals surface area contributed by atoms with Gasteiger partial charge in [-0.2, -0.15) is 4.98 Å². The fourth-order valence-corrected chi connectivity index (χ4v) is 3.18. The molecule has 1 aromatic carbocycles. The van der Waals surface area contributed by atoms with Crippen molar-refractivity contribution in [2.45, 2.75) is 0 Å². The number of hydrogen-bond donors (Lipinski definition) is 1. The molecule has 4 rings (SSSR count). The van der Waals surface area contributed by atoms with Gasteiger partial charge in [0.15, 0.2) is 5.65 Å². The van der Waals surface area contributed by atoms with Crippen molar-refractivity contribution < 1.29 is 4.74 Å². The number of aromatic nitrogens is 3. The molecule has 0 saturated carbocycles. The van der Waals surface area contributed by atoms with Gasteiger partial charge in [-0.1, -0.05) is 12.1 Å². The third kappa shape index (κ3) is 2.58. The number of nitrogens with zero attached hydrogens (tertiary/aromatic N) is 5. The highest BCUT2D eigenvalue weighted by Gasteiger charge is 2.20. The summed E-state index contributed by atoms with van der Waals surface area (Å²) in [5.41, 5.74) is 8.73. The van der Waals surface area contributed by atoms with Gasteiger partial charge in [-0.05, 0) is 18.2 Å². The summed E-state index contributed by atoms with van der Waals surface area (Å²) in [7, 11) is 1.72. The maximum absolute atomic E-state index is 5.65. The van der Waals surface area contributed by atoms with Gasteiger partial charge in [-0.25, -0.2) is 4.52 Å². The maximum Gasteiger partial charge on any atom is 0.240 e. The molecule has 0 aliphatic carbocycles. The molecule has 24 heavy (non-hydrogen) atoms. The molecule has 0 amide bonds. The smallest absolute Gasteiger partial charge is 0.240 e. The van der Waals surface area contributed by atoms with Crippen molar-refractivity contribution in [2.24, 2.45) is 0 Å². The summed E-state index contributed by atoms with van der Waals surface area (Å²) in [5, 5.41) is 4.11. The molecule has 1 saturated heterocycles. The summed E-state index contributed by atoms with van der Waals surface area (Å²) >= 11 is 0. The van der Waals surface area contributed by atoms with Crippen molar-refractivity contribution in [1.29, 1.82) is 0 Å². The Morgan fingerprint density at radius 2 is 1.79 bits per heavy atom. The summed E-state index contributed by atoms with van der Waals surface area (Å²) in [5.74, 6) is 1.22. The quantitative estimate of drug-likeness (QED) is 0.790. The average Bonchev–Trinajstić information content (AvgIpc) is 3.01. The lowest BCUT2D eigenvalue weighted by molar-refractivity contribution is 0.413. The fourth-order valence-electron chi connectivity index (χ4n) is 3.18. The monoisotopic (exact) mass is 324 g/mol. The van der Waals surface area contributed by atoms with Crippen molar-refractivity contribution in [3.8, 4) is 5.75 Å². The Balaban J connectivity index is 1.50. The van der Waals surface area contributed by atoms with Crippen molar-refractivity contribution in [3.63, 3.8) is 0 Å². The Hall–Kier alpha value is -2.96. The number of nitrogens with two attached hydrogens (primary N) is 1. The molecule has 0 atom stereocenters. The second kappa shape index (κ2) is 5.92. The summed E-state index contributed by atoms with van der Waals surface area (Å²) in [6.07, 6.45) is 1.90. The van der Waals surface area contributed by atoms with Gasteiger partial charge in [0.1, 0.15) is 5.75 Å². The van der Waals surface area contributed by atoms with Crippen LogP contribution in [0.1, 0.15) is 0 Å². The van der Waals surface area contributed by atoms with Crippen LogP contribution in [0.4, 0.5) is 17.3 Å². The third-order valence-electron chi connectivity index (χ3n) is 4.41. The van der Waals surface area contributed by atoms with Crippen molar-refractivity contribution >= 4 is 23.0 Å². The van der Waals surface area contributed by atoms with Crippen LogP contribution in [0.5, 0.6) is 5.75 Å². The number of ether oxygens (including phenoxy) is 1. The van der Waals surface area contributed by atoms with Crippen LogP contribution in [0.3, 0.4) is 0 Å². The fraction of sp³-hybridized carbons (Fsp3) is 0.294. The lowest BCUT2D eigenvalue weighted by Crippen LogP contribution is -2.46. The maximum atomic E-state index is 5.65. The summed E-state index contributed by atoms with van der Waals surface area (Å²) in [6.45, 7) is 3.77. The van der Waals surface area contributed by atoms with Gasteiger partial charge in [-0.3, -0.25) is 0 Å². The first-order valence-corrected chi connectivity index (χ1v) is 7.99. The van der Waals surface area contributed by atoms with E-state index in [0.717, 1.165) is 49.0 Å². The van der Waals surface area contributed by atoms with Crippen LogP contribution in [-0.4, -0.2) is 47.9 Å². The van der Waals surface area contributed by atoms with Crippen LogP contribution >= 0.6 is 0 Å². The number of methoxy groups -OCH3 is 1. The molecule has 0 unspecified atom stereocenters. The number of anilines is 3. The molecule has 0 bridgehead atoms. The molecule has 3 heterocycles. The molecule has 1 aliphatic heterocycles.